The lowest BCUT2D eigenvalue weighted by Crippen LogP contribution is -2.58. The first-order valence-electron chi connectivity index (χ1n) is 15.1. The quantitative estimate of drug-likeness (QED) is 0.0647. The number of carbonyl (C=O) groups is 4. The molecule has 0 radical (unpaired) electrons. The van der Waals surface area contributed by atoms with Crippen molar-refractivity contribution in [3.05, 3.63) is 28.8 Å². The highest BCUT2D eigenvalue weighted by Crippen LogP contribution is 2.40. The monoisotopic (exact) mass is 636 g/mol. The van der Waals surface area contributed by atoms with E-state index in [4.69, 9.17) is 23.1 Å². The second kappa shape index (κ2) is 16.1. The van der Waals surface area contributed by atoms with E-state index in [1.807, 2.05) is 13.8 Å². The van der Waals surface area contributed by atoms with Crippen molar-refractivity contribution in [2.75, 3.05) is 6.54 Å². The molecule has 14 heteroatoms. The predicted molar refractivity (Wildman–Crippen MR) is 165 cm³/mol. The number of fused-ring (bicyclic) bond motifs is 1. The van der Waals surface area contributed by atoms with E-state index in [0.717, 1.165) is 0 Å². The molecule has 244 valence electrons. The van der Waals surface area contributed by atoms with E-state index in [2.05, 4.69) is 15.6 Å². The number of rotatable bonds is 14. The number of halogens is 1. The highest BCUT2D eigenvalue weighted by atomic mass is 35.5. The topological polar surface area (TPSA) is 221 Å². The molecule has 7 atom stereocenters. The number of benzene rings is 1. The van der Waals surface area contributed by atoms with Crippen molar-refractivity contribution < 1.29 is 34.5 Å². The number of hydrogen-bond acceptors (Lipinski definition) is 8. The van der Waals surface area contributed by atoms with Crippen molar-refractivity contribution in [2.45, 2.75) is 102 Å². The fraction of sp³-hybridized carbons (Fsp3) is 0.633. The molecule has 1 aliphatic carbocycles. The first-order chi connectivity index (χ1) is 20.8. The van der Waals surface area contributed by atoms with E-state index in [9.17, 15) is 34.5 Å². The molecule has 1 heterocycles. The number of carbonyl (C=O) groups excluding carboxylic acids is 4. The van der Waals surface area contributed by atoms with Crippen LogP contribution in [0.3, 0.4) is 0 Å². The van der Waals surface area contributed by atoms with Crippen LogP contribution in [0, 0.1) is 11.8 Å². The largest absolute Gasteiger partial charge is 0.506 e. The fourth-order valence-electron chi connectivity index (χ4n) is 6.09. The van der Waals surface area contributed by atoms with Crippen LogP contribution in [0.2, 0.25) is 5.02 Å². The second-order valence-electron chi connectivity index (χ2n) is 12.2. The minimum Gasteiger partial charge on any atom is -0.506 e. The zero-order chi connectivity index (χ0) is 32.6. The van der Waals surface area contributed by atoms with Crippen LogP contribution in [0.5, 0.6) is 5.75 Å². The van der Waals surface area contributed by atoms with Crippen LogP contribution in [-0.4, -0.2) is 93.1 Å². The number of phenolic OH excluding ortho intramolecular Hbond substituents is 1. The molecule has 3 amide bonds. The molecule has 2 unspecified atom stereocenters. The Hall–Kier alpha value is -3.42. The van der Waals surface area contributed by atoms with Crippen LogP contribution in [0.15, 0.2) is 23.2 Å². The number of aliphatic imine (C=N–C) groups is 1. The average Bonchev–Trinajstić information content (AvgIpc) is 3.34. The number of phenols is 1. The molecule has 1 saturated heterocycles. The summed E-state index contributed by atoms with van der Waals surface area (Å²) in [4.78, 5) is 58.0. The summed E-state index contributed by atoms with van der Waals surface area (Å²) in [7, 11) is 0. The number of aldehydes is 1. The lowest BCUT2D eigenvalue weighted by atomic mass is 9.83. The summed E-state index contributed by atoms with van der Waals surface area (Å²) in [6.07, 6.45) is 1.23. The van der Waals surface area contributed by atoms with Crippen LogP contribution in [0.25, 0.3) is 0 Å². The molecule has 13 nitrogen and oxygen atoms in total. The average molecular weight is 637 g/mol. The van der Waals surface area contributed by atoms with E-state index in [1.54, 1.807) is 0 Å². The van der Waals surface area contributed by atoms with Crippen LogP contribution >= 0.6 is 11.6 Å². The number of aliphatic hydroxyl groups is 2. The fourth-order valence-corrected chi connectivity index (χ4v) is 6.30. The number of amides is 3. The van der Waals surface area contributed by atoms with Crippen molar-refractivity contribution in [1.29, 1.82) is 0 Å². The van der Waals surface area contributed by atoms with Crippen LogP contribution in [-0.2, 0) is 25.6 Å². The number of likely N-dealkylation sites (tertiary alicyclic amines) is 1. The zero-order valence-corrected chi connectivity index (χ0v) is 25.9. The Kier molecular flexibility index (Phi) is 12.8. The Bertz CT molecular complexity index is 1210. The maximum Gasteiger partial charge on any atom is 0.249 e. The number of aliphatic hydroxyl groups excluding tert-OH is 2. The summed E-state index contributed by atoms with van der Waals surface area (Å²) in [5, 5.41) is 36.3. The molecular weight excluding hydrogens is 592 g/mol. The number of nitrogens with one attached hydrogen (secondary N) is 2. The van der Waals surface area contributed by atoms with E-state index in [0.29, 0.717) is 56.9 Å². The maximum atomic E-state index is 14.2. The number of nitrogens with zero attached hydrogens (tertiary/aromatic N) is 2. The molecule has 9 N–H and O–H groups in total. The first-order valence-corrected chi connectivity index (χ1v) is 15.5. The Morgan fingerprint density at radius 3 is 2.55 bits per heavy atom. The van der Waals surface area contributed by atoms with E-state index < -0.39 is 54.1 Å². The smallest absolute Gasteiger partial charge is 0.249 e. The summed E-state index contributed by atoms with van der Waals surface area (Å²) in [6.45, 7) is 4.07. The summed E-state index contributed by atoms with van der Waals surface area (Å²) >= 11 is 5.96. The Labute approximate surface area is 262 Å². The number of hydrogen-bond donors (Lipinski definition) is 7. The van der Waals surface area contributed by atoms with Gasteiger partial charge < -0.3 is 47.1 Å². The minimum absolute atomic E-state index is 0.0235. The first kappa shape index (κ1) is 35.1. The molecule has 3 rings (SSSR count). The van der Waals surface area contributed by atoms with Crippen molar-refractivity contribution in [1.82, 2.24) is 15.5 Å². The van der Waals surface area contributed by atoms with Gasteiger partial charge in [-0.3, -0.25) is 19.4 Å². The van der Waals surface area contributed by atoms with Crippen LogP contribution in [0.4, 0.5) is 0 Å². The lowest BCUT2D eigenvalue weighted by molar-refractivity contribution is -0.146. The van der Waals surface area contributed by atoms with Crippen molar-refractivity contribution >= 4 is 41.6 Å². The molecule has 2 aliphatic rings. The summed E-state index contributed by atoms with van der Waals surface area (Å²) < 4.78 is 0. The third kappa shape index (κ3) is 9.54. The number of nitrogens with two attached hydrogens (primary N) is 2. The summed E-state index contributed by atoms with van der Waals surface area (Å²) in [5.74, 6) is -1.99. The molecule has 2 fully saturated rings. The van der Waals surface area contributed by atoms with E-state index in [-0.39, 0.29) is 41.4 Å². The molecule has 1 aromatic rings. The number of aromatic hydroxyl groups is 1. The highest BCUT2D eigenvalue weighted by molar-refractivity contribution is 6.32. The number of guanidine groups is 1. The molecule has 44 heavy (non-hydrogen) atoms. The van der Waals surface area contributed by atoms with Gasteiger partial charge in [-0.25, -0.2) is 0 Å². The second-order valence-corrected chi connectivity index (χ2v) is 12.6. The van der Waals surface area contributed by atoms with Gasteiger partial charge >= 0.3 is 0 Å². The molecule has 0 spiro atoms. The molecule has 1 aliphatic heterocycles. The van der Waals surface area contributed by atoms with Gasteiger partial charge in [0.1, 0.15) is 30.2 Å². The Balaban J connectivity index is 1.79. The van der Waals surface area contributed by atoms with Crippen LogP contribution in [0.1, 0.15) is 64.4 Å². The third-order valence-corrected chi connectivity index (χ3v) is 8.53. The van der Waals surface area contributed by atoms with Gasteiger partial charge in [0.05, 0.1) is 17.2 Å². The Morgan fingerprint density at radius 1 is 1.18 bits per heavy atom. The van der Waals surface area contributed by atoms with Crippen molar-refractivity contribution in [3.63, 3.8) is 0 Å². The summed E-state index contributed by atoms with van der Waals surface area (Å²) in [6, 6.07) is 1.16. The molecule has 0 bridgehead atoms. The molecular formula is C30H45ClN6O7. The van der Waals surface area contributed by atoms with Gasteiger partial charge in [-0.2, -0.15) is 0 Å². The van der Waals surface area contributed by atoms with Gasteiger partial charge in [0.15, 0.2) is 5.96 Å². The third-order valence-electron chi connectivity index (χ3n) is 8.23. The van der Waals surface area contributed by atoms with Crippen LogP contribution < -0.4 is 22.1 Å². The van der Waals surface area contributed by atoms with Crippen molar-refractivity contribution in [3.8, 4) is 5.75 Å². The Morgan fingerprint density at radius 2 is 1.91 bits per heavy atom. The lowest BCUT2D eigenvalue weighted by Gasteiger charge is -2.38. The predicted octanol–water partition coefficient (Wildman–Crippen LogP) is 0.348. The normalized spacial score (nSPS) is 23.3. The van der Waals surface area contributed by atoms with E-state index in [1.165, 1.54) is 23.1 Å². The van der Waals surface area contributed by atoms with Gasteiger partial charge in [-0.1, -0.05) is 31.5 Å². The molecule has 1 saturated carbocycles. The van der Waals surface area contributed by atoms with Gasteiger partial charge in [-0.15, -0.1) is 0 Å². The highest BCUT2D eigenvalue weighted by Gasteiger charge is 2.50. The van der Waals surface area contributed by atoms with Gasteiger partial charge in [-0.05, 0) is 74.5 Å². The van der Waals surface area contributed by atoms with E-state index >= 15 is 0 Å². The van der Waals surface area contributed by atoms with Gasteiger partial charge in [0.2, 0.25) is 17.7 Å². The minimum atomic E-state index is -1.51. The standard InChI is InChI=1S/C30H45ClN6O7/c1-16(2)10-22(36-28(43)26(41)12-17-5-8-25(40)21(31)11-17)29(44)37-23-14-20(39)7-6-18(23)13-24(37)27(42)35-19(15-38)4-3-9-34-30(32)33/h5,8,11,15-16,18-20,22-24,26,39-41H,3-4,6-7,9-10,12-14H2,1-2H3,(H,35,42)(H,36,43)(H4,32,33,34)/t18-,19?,20+,22?,23-,24-,26+/m0/s1. The van der Waals surface area contributed by atoms with Crippen molar-refractivity contribution in [2.24, 2.45) is 28.3 Å². The molecule has 1 aromatic carbocycles. The van der Waals surface area contributed by atoms with Gasteiger partial charge in [0, 0.05) is 19.0 Å². The zero-order valence-electron chi connectivity index (χ0n) is 25.2. The SMILES string of the molecule is CC(C)CC(NC(=O)[C@H](O)Cc1ccc(O)c(Cl)c1)C(=O)N1[C@H](C(=O)NC(C=O)CCCN=C(N)N)C[C@@H]2CC[C@@H](O)C[C@@H]21. The van der Waals surface area contributed by atoms with Gasteiger partial charge in [0.25, 0.3) is 0 Å². The maximum absolute atomic E-state index is 14.2. The molecule has 0 aromatic heterocycles. The summed E-state index contributed by atoms with van der Waals surface area (Å²) in [5.41, 5.74) is 11.2.